The van der Waals surface area contributed by atoms with Gasteiger partial charge in [0.25, 0.3) is 0 Å². The van der Waals surface area contributed by atoms with E-state index in [0.29, 0.717) is 13.1 Å². The van der Waals surface area contributed by atoms with Gasteiger partial charge in [0.2, 0.25) is 15.9 Å². The maximum Gasteiger partial charge on any atom is 0.246 e. The Labute approximate surface area is 177 Å². The zero-order chi connectivity index (χ0) is 21.9. The van der Waals surface area contributed by atoms with Gasteiger partial charge >= 0.3 is 0 Å². The lowest BCUT2D eigenvalue weighted by atomic mass is 9.87. The third-order valence-electron chi connectivity index (χ3n) is 5.19. The van der Waals surface area contributed by atoms with Gasteiger partial charge < -0.3 is 5.32 Å². The molecule has 0 aliphatic carbocycles. The van der Waals surface area contributed by atoms with Gasteiger partial charge in [0.15, 0.2) is 0 Å². The molecule has 30 heavy (non-hydrogen) atoms. The van der Waals surface area contributed by atoms with Crippen LogP contribution in [0.15, 0.2) is 53.4 Å². The molecule has 1 aliphatic heterocycles. The molecule has 6 nitrogen and oxygen atoms in total. The van der Waals surface area contributed by atoms with Crippen molar-refractivity contribution in [3.8, 4) is 0 Å². The summed E-state index contributed by atoms with van der Waals surface area (Å²) in [6.07, 6.45) is 0. The first-order valence-corrected chi connectivity index (χ1v) is 11.4. The molecule has 0 atom stereocenters. The smallest absolute Gasteiger partial charge is 0.246 e. The molecule has 0 radical (unpaired) electrons. The molecule has 0 unspecified atom stereocenters. The van der Waals surface area contributed by atoms with E-state index in [1.807, 2.05) is 29.2 Å². The molecule has 2 aromatic carbocycles. The van der Waals surface area contributed by atoms with Crippen molar-refractivity contribution in [2.45, 2.75) is 31.1 Å². The van der Waals surface area contributed by atoms with E-state index in [2.05, 4.69) is 26.1 Å². The van der Waals surface area contributed by atoms with Gasteiger partial charge in [-0.25, -0.2) is 12.8 Å². The van der Waals surface area contributed by atoms with E-state index in [9.17, 15) is 17.6 Å². The zero-order valence-corrected chi connectivity index (χ0v) is 18.4. The number of carbonyl (C=O) groups is 1. The van der Waals surface area contributed by atoms with Crippen LogP contribution >= 0.6 is 0 Å². The highest BCUT2D eigenvalue weighted by atomic mass is 32.2. The Morgan fingerprint density at radius 3 is 2.17 bits per heavy atom. The van der Waals surface area contributed by atoms with E-state index in [4.69, 9.17) is 0 Å². The maximum atomic E-state index is 13.9. The van der Waals surface area contributed by atoms with E-state index in [-0.39, 0.29) is 35.9 Å². The predicted octanol–water partition coefficient (Wildman–Crippen LogP) is 3.07. The second-order valence-corrected chi connectivity index (χ2v) is 10.4. The summed E-state index contributed by atoms with van der Waals surface area (Å²) < 4.78 is 40.5. The van der Waals surface area contributed by atoms with Crippen molar-refractivity contribution in [1.29, 1.82) is 0 Å². The molecule has 0 bridgehead atoms. The summed E-state index contributed by atoms with van der Waals surface area (Å²) in [6, 6.07) is 13.2. The molecule has 1 saturated heterocycles. The molecule has 1 heterocycles. The molecule has 0 aromatic heterocycles. The lowest BCUT2D eigenvalue weighted by Gasteiger charge is -2.33. The summed E-state index contributed by atoms with van der Waals surface area (Å²) in [5, 5.41) is 2.88. The van der Waals surface area contributed by atoms with E-state index in [1.54, 1.807) is 0 Å². The van der Waals surface area contributed by atoms with Gasteiger partial charge in [-0.3, -0.25) is 9.69 Å². The normalized spacial score (nSPS) is 16.4. The average Bonchev–Trinajstić information content (AvgIpc) is 2.68. The fraction of sp³-hybridized carbons (Fsp3) is 0.409. The first-order chi connectivity index (χ1) is 14.1. The summed E-state index contributed by atoms with van der Waals surface area (Å²) in [5.41, 5.74) is 1.96. The lowest BCUT2D eigenvalue weighted by molar-refractivity contribution is -0.117. The van der Waals surface area contributed by atoms with Gasteiger partial charge in [0, 0.05) is 31.9 Å². The number of amides is 1. The van der Waals surface area contributed by atoms with Gasteiger partial charge in [0.1, 0.15) is 10.7 Å². The SMILES string of the molecule is CC(C)(C)c1ccc(NC(=O)CN2CCN(S(=O)(=O)c3ccccc3F)CC2)cc1. The highest BCUT2D eigenvalue weighted by Crippen LogP contribution is 2.24. The fourth-order valence-corrected chi connectivity index (χ4v) is 4.87. The molecule has 8 heteroatoms. The van der Waals surface area contributed by atoms with Crippen molar-refractivity contribution in [3.05, 3.63) is 59.9 Å². The van der Waals surface area contributed by atoms with Gasteiger partial charge in [-0.15, -0.1) is 0 Å². The largest absolute Gasteiger partial charge is 0.325 e. The highest BCUT2D eigenvalue weighted by molar-refractivity contribution is 7.89. The minimum absolute atomic E-state index is 0.0468. The van der Waals surface area contributed by atoms with E-state index < -0.39 is 15.8 Å². The number of rotatable bonds is 5. The average molecular weight is 434 g/mol. The Balaban J connectivity index is 1.53. The number of hydrogen-bond donors (Lipinski definition) is 1. The maximum absolute atomic E-state index is 13.9. The number of piperazine rings is 1. The zero-order valence-electron chi connectivity index (χ0n) is 17.6. The molecule has 2 aromatic rings. The molecular weight excluding hydrogens is 405 g/mol. The second-order valence-electron chi connectivity index (χ2n) is 8.49. The minimum atomic E-state index is -3.88. The van der Waals surface area contributed by atoms with Crippen LogP contribution in [0.1, 0.15) is 26.3 Å². The Morgan fingerprint density at radius 2 is 1.60 bits per heavy atom. The topological polar surface area (TPSA) is 69.7 Å². The number of hydrogen-bond acceptors (Lipinski definition) is 4. The standard InChI is InChI=1S/C22H28FN3O3S/c1-22(2,3)17-8-10-18(11-9-17)24-21(27)16-25-12-14-26(15-13-25)30(28,29)20-7-5-4-6-19(20)23/h4-11H,12-16H2,1-3H3,(H,24,27). The van der Waals surface area contributed by atoms with Gasteiger partial charge in [-0.2, -0.15) is 4.31 Å². The Bertz CT molecular complexity index is 993. The quantitative estimate of drug-likeness (QED) is 0.787. The predicted molar refractivity (Wildman–Crippen MR) is 115 cm³/mol. The Hall–Kier alpha value is -2.29. The van der Waals surface area contributed by atoms with Crippen molar-refractivity contribution >= 4 is 21.6 Å². The van der Waals surface area contributed by atoms with Crippen molar-refractivity contribution in [2.24, 2.45) is 0 Å². The third kappa shape index (κ3) is 5.24. The van der Waals surface area contributed by atoms with Crippen LogP contribution < -0.4 is 5.32 Å². The van der Waals surface area contributed by atoms with Crippen LogP contribution in [0.25, 0.3) is 0 Å². The van der Waals surface area contributed by atoms with E-state index in [0.717, 1.165) is 11.8 Å². The summed E-state index contributed by atoms with van der Waals surface area (Å²) in [5.74, 6) is -0.902. The summed E-state index contributed by atoms with van der Waals surface area (Å²) in [4.78, 5) is 14.0. The molecule has 1 fully saturated rings. The van der Waals surface area contributed by atoms with Crippen LogP contribution in [-0.4, -0.2) is 56.3 Å². The van der Waals surface area contributed by atoms with Crippen molar-refractivity contribution < 1.29 is 17.6 Å². The molecular formula is C22H28FN3O3S. The number of carbonyl (C=O) groups excluding carboxylic acids is 1. The number of sulfonamides is 1. The molecule has 0 saturated carbocycles. The molecule has 162 valence electrons. The highest BCUT2D eigenvalue weighted by Gasteiger charge is 2.30. The molecule has 1 amide bonds. The summed E-state index contributed by atoms with van der Waals surface area (Å²) >= 11 is 0. The van der Waals surface area contributed by atoms with Gasteiger partial charge in [0.05, 0.1) is 6.54 Å². The lowest BCUT2D eigenvalue weighted by Crippen LogP contribution is -2.50. The Kier molecular flexibility index (Phi) is 6.59. The van der Waals surface area contributed by atoms with Gasteiger partial charge in [-0.05, 0) is 35.2 Å². The van der Waals surface area contributed by atoms with Crippen LogP contribution in [0, 0.1) is 5.82 Å². The number of halogens is 1. The van der Waals surface area contributed by atoms with Crippen LogP contribution in [0.4, 0.5) is 10.1 Å². The molecule has 0 spiro atoms. The molecule has 1 aliphatic rings. The van der Waals surface area contributed by atoms with Crippen molar-refractivity contribution in [2.75, 3.05) is 38.0 Å². The van der Waals surface area contributed by atoms with Crippen molar-refractivity contribution in [3.63, 3.8) is 0 Å². The molecule has 1 N–H and O–H groups in total. The second kappa shape index (κ2) is 8.83. The molecule has 3 rings (SSSR count). The summed E-state index contributed by atoms with van der Waals surface area (Å²) in [6.45, 7) is 7.81. The first kappa shape index (κ1) is 22.4. The first-order valence-electron chi connectivity index (χ1n) is 9.95. The minimum Gasteiger partial charge on any atom is -0.325 e. The van der Waals surface area contributed by atoms with Gasteiger partial charge in [-0.1, -0.05) is 45.0 Å². The number of nitrogens with one attached hydrogen (secondary N) is 1. The third-order valence-corrected chi connectivity index (χ3v) is 7.12. The Morgan fingerprint density at radius 1 is 1.00 bits per heavy atom. The van der Waals surface area contributed by atoms with E-state index >= 15 is 0 Å². The number of nitrogens with zero attached hydrogens (tertiary/aromatic N) is 2. The van der Waals surface area contributed by atoms with Crippen LogP contribution in [0.5, 0.6) is 0 Å². The van der Waals surface area contributed by atoms with Crippen LogP contribution in [-0.2, 0) is 20.2 Å². The van der Waals surface area contributed by atoms with Crippen molar-refractivity contribution in [1.82, 2.24) is 9.21 Å². The summed E-state index contributed by atoms with van der Waals surface area (Å²) in [7, 11) is -3.88. The monoisotopic (exact) mass is 433 g/mol. The number of anilines is 1. The van der Waals surface area contributed by atoms with E-state index in [1.165, 1.54) is 28.1 Å². The van der Waals surface area contributed by atoms with Crippen LogP contribution in [0.2, 0.25) is 0 Å². The number of benzene rings is 2. The van der Waals surface area contributed by atoms with Crippen LogP contribution in [0.3, 0.4) is 0 Å². The fourth-order valence-electron chi connectivity index (χ4n) is 3.38.